The van der Waals surface area contributed by atoms with Crippen molar-refractivity contribution in [1.29, 1.82) is 0 Å². The number of Topliss-reactive ketones (excluding diaryl/α,β-unsaturated/α-hetero) is 1. The van der Waals surface area contributed by atoms with E-state index in [0.717, 1.165) is 40.8 Å². The van der Waals surface area contributed by atoms with Crippen molar-refractivity contribution in [2.24, 2.45) is 0 Å². The molecule has 1 N–H and O–H groups in total. The first-order valence-corrected chi connectivity index (χ1v) is 5.27. The van der Waals surface area contributed by atoms with Crippen LogP contribution < -0.4 is 0 Å². The van der Waals surface area contributed by atoms with Gasteiger partial charge >= 0.3 is 0 Å². The third-order valence-electron chi connectivity index (χ3n) is 2.99. The maximum Gasteiger partial charge on any atom is 0.179 e. The Balaban J connectivity index is 2.36. The maximum atomic E-state index is 11.7. The van der Waals surface area contributed by atoms with E-state index in [1.54, 1.807) is 0 Å². The van der Waals surface area contributed by atoms with E-state index in [1.165, 1.54) is 0 Å². The molecule has 15 heavy (non-hydrogen) atoms. The van der Waals surface area contributed by atoms with Gasteiger partial charge in [0.05, 0.1) is 16.7 Å². The number of carbonyl (C=O) groups excluding carboxylic acids is 1. The molecule has 1 aliphatic rings. The van der Waals surface area contributed by atoms with Crippen LogP contribution in [0.15, 0.2) is 12.1 Å². The van der Waals surface area contributed by atoms with Crippen LogP contribution in [0.4, 0.5) is 0 Å². The zero-order valence-corrected chi connectivity index (χ0v) is 8.63. The van der Waals surface area contributed by atoms with Crippen molar-refractivity contribution in [2.75, 3.05) is 0 Å². The van der Waals surface area contributed by atoms with E-state index < -0.39 is 0 Å². The summed E-state index contributed by atoms with van der Waals surface area (Å²) in [6, 6.07) is 3.97. The van der Waals surface area contributed by atoms with E-state index in [9.17, 15) is 4.79 Å². The molecule has 0 bridgehead atoms. The van der Waals surface area contributed by atoms with Crippen molar-refractivity contribution >= 4 is 16.8 Å². The van der Waals surface area contributed by atoms with E-state index in [0.29, 0.717) is 6.42 Å². The zero-order valence-electron chi connectivity index (χ0n) is 8.63. The van der Waals surface area contributed by atoms with Gasteiger partial charge in [-0.3, -0.25) is 9.78 Å². The summed E-state index contributed by atoms with van der Waals surface area (Å²) in [6.07, 6.45) is 2.59. The molecule has 3 rings (SSSR count). The standard InChI is InChI=1S/C12H12N2O/c1-7-5-6-9-11(13-7)8-3-2-4-10(15)12(8)14-9/h5-6,14H,2-4H2,1H3. The van der Waals surface area contributed by atoms with Crippen LogP contribution in [0.5, 0.6) is 0 Å². The summed E-state index contributed by atoms with van der Waals surface area (Å²) < 4.78 is 0. The van der Waals surface area contributed by atoms with Gasteiger partial charge in [0.2, 0.25) is 0 Å². The first-order chi connectivity index (χ1) is 7.25. The molecular weight excluding hydrogens is 188 g/mol. The SMILES string of the molecule is Cc1ccc2[nH]c3c(c2n1)CCCC3=O. The molecule has 0 saturated heterocycles. The predicted octanol–water partition coefficient (Wildman–Crippen LogP) is 2.39. The summed E-state index contributed by atoms with van der Waals surface area (Å²) in [5.41, 5.74) is 4.88. The van der Waals surface area contributed by atoms with Crippen molar-refractivity contribution in [3.8, 4) is 0 Å². The van der Waals surface area contributed by atoms with Gasteiger partial charge in [-0.15, -0.1) is 0 Å². The van der Waals surface area contributed by atoms with Crippen molar-refractivity contribution in [3.05, 3.63) is 29.1 Å². The van der Waals surface area contributed by atoms with Gasteiger partial charge in [-0.1, -0.05) is 0 Å². The summed E-state index contributed by atoms with van der Waals surface area (Å²) in [4.78, 5) is 19.4. The van der Waals surface area contributed by atoms with Gasteiger partial charge in [-0.25, -0.2) is 0 Å². The number of hydrogen-bond donors (Lipinski definition) is 1. The minimum Gasteiger partial charge on any atom is -0.351 e. The topological polar surface area (TPSA) is 45.8 Å². The largest absolute Gasteiger partial charge is 0.351 e. The van der Waals surface area contributed by atoms with E-state index in [4.69, 9.17) is 0 Å². The van der Waals surface area contributed by atoms with Crippen molar-refractivity contribution in [2.45, 2.75) is 26.2 Å². The highest BCUT2D eigenvalue weighted by Crippen LogP contribution is 2.27. The molecule has 1 aliphatic carbocycles. The van der Waals surface area contributed by atoms with Crippen LogP contribution in [0.1, 0.15) is 34.6 Å². The Bertz CT molecular complexity index is 554. The van der Waals surface area contributed by atoms with Gasteiger partial charge in [0, 0.05) is 17.7 Å². The average molecular weight is 200 g/mol. The van der Waals surface area contributed by atoms with Crippen LogP contribution in [0.3, 0.4) is 0 Å². The molecule has 0 aliphatic heterocycles. The molecule has 0 fully saturated rings. The van der Waals surface area contributed by atoms with Crippen molar-refractivity contribution < 1.29 is 4.79 Å². The predicted molar refractivity (Wildman–Crippen MR) is 58.1 cm³/mol. The quantitative estimate of drug-likeness (QED) is 0.709. The minimum absolute atomic E-state index is 0.229. The van der Waals surface area contributed by atoms with E-state index in [2.05, 4.69) is 9.97 Å². The number of ketones is 1. The van der Waals surface area contributed by atoms with Gasteiger partial charge in [-0.2, -0.15) is 0 Å². The lowest BCUT2D eigenvalue weighted by atomic mass is 9.96. The third-order valence-corrected chi connectivity index (χ3v) is 2.99. The summed E-state index contributed by atoms with van der Waals surface area (Å²) in [6.45, 7) is 1.98. The Morgan fingerprint density at radius 3 is 3.07 bits per heavy atom. The second-order valence-corrected chi connectivity index (χ2v) is 4.10. The molecular formula is C12H12N2O. The van der Waals surface area contributed by atoms with E-state index in [-0.39, 0.29) is 5.78 Å². The summed E-state index contributed by atoms with van der Waals surface area (Å²) in [5, 5.41) is 0. The molecule has 0 aromatic carbocycles. The number of fused-ring (bicyclic) bond motifs is 3. The molecule has 0 atom stereocenters. The number of hydrogen-bond acceptors (Lipinski definition) is 2. The lowest BCUT2D eigenvalue weighted by molar-refractivity contribution is 0.0968. The molecule has 3 nitrogen and oxygen atoms in total. The Labute approximate surface area is 87.5 Å². The molecule has 0 amide bonds. The normalized spacial score (nSPS) is 15.7. The first kappa shape index (κ1) is 8.65. The number of aryl methyl sites for hydroxylation is 2. The molecule has 2 aromatic heterocycles. The smallest absolute Gasteiger partial charge is 0.179 e. The number of H-pyrrole nitrogens is 1. The zero-order chi connectivity index (χ0) is 10.4. The van der Waals surface area contributed by atoms with Gasteiger partial charge < -0.3 is 4.98 Å². The highest BCUT2D eigenvalue weighted by Gasteiger charge is 2.22. The lowest BCUT2D eigenvalue weighted by Gasteiger charge is -2.08. The molecule has 0 spiro atoms. The number of nitrogens with one attached hydrogen (secondary N) is 1. The number of aromatic nitrogens is 2. The van der Waals surface area contributed by atoms with Crippen LogP contribution in [-0.4, -0.2) is 15.8 Å². The summed E-state index contributed by atoms with van der Waals surface area (Å²) >= 11 is 0. The van der Waals surface area contributed by atoms with Crippen molar-refractivity contribution in [1.82, 2.24) is 9.97 Å². The highest BCUT2D eigenvalue weighted by atomic mass is 16.1. The molecule has 2 aromatic rings. The summed E-state index contributed by atoms with van der Waals surface area (Å²) in [5.74, 6) is 0.229. The first-order valence-electron chi connectivity index (χ1n) is 5.27. The second kappa shape index (κ2) is 2.92. The van der Waals surface area contributed by atoms with Crippen LogP contribution in [-0.2, 0) is 6.42 Å². The fourth-order valence-electron chi connectivity index (χ4n) is 2.25. The molecule has 0 saturated carbocycles. The van der Waals surface area contributed by atoms with Crippen molar-refractivity contribution in [3.63, 3.8) is 0 Å². The molecule has 0 radical (unpaired) electrons. The average Bonchev–Trinajstić information content (AvgIpc) is 2.58. The van der Waals surface area contributed by atoms with Gasteiger partial charge in [0.1, 0.15) is 0 Å². The lowest BCUT2D eigenvalue weighted by Crippen LogP contribution is -2.09. The molecule has 3 heteroatoms. The van der Waals surface area contributed by atoms with Crippen LogP contribution >= 0.6 is 0 Å². The Hall–Kier alpha value is -1.64. The van der Waals surface area contributed by atoms with E-state index in [1.807, 2.05) is 19.1 Å². The number of nitrogens with zero attached hydrogens (tertiary/aromatic N) is 1. The fraction of sp³-hybridized carbons (Fsp3) is 0.333. The number of rotatable bonds is 0. The minimum atomic E-state index is 0.229. The van der Waals surface area contributed by atoms with Crippen LogP contribution in [0.2, 0.25) is 0 Å². The Kier molecular flexibility index (Phi) is 1.69. The molecule has 76 valence electrons. The molecule has 2 heterocycles. The second-order valence-electron chi connectivity index (χ2n) is 4.10. The summed E-state index contributed by atoms with van der Waals surface area (Å²) in [7, 11) is 0. The maximum absolute atomic E-state index is 11.7. The fourth-order valence-corrected chi connectivity index (χ4v) is 2.25. The highest BCUT2D eigenvalue weighted by molar-refractivity contribution is 6.02. The third kappa shape index (κ3) is 1.19. The number of pyridine rings is 1. The molecule has 0 unspecified atom stereocenters. The number of carbonyl (C=O) groups is 1. The Morgan fingerprint density at radius 2 is 2.20 bits per heavy atom. The van der Waals surface area contributed by atoms with E-state index >= 15 is 0 Å². The van der Waals surface area contributed by atoms with Gasteiger partial charge in [0.25, 0.3) is 0 Å². The Morgan fingerprint density at radius 1 is 1.33 bits per heavy atom. The monoisotopic (exact) mass is 200 g/mol. The van der Waals surface area contributed by atoms with Crippen LogP contribution in [0, 0.1) is 6.92 Å². The van der Waals surface area contributed by atoms with Gasteiger partial charge in [0.15, 0.2) is 5.78 Å². The van der Waals surface area contributed by atoms with Crippen LogP contribution in [0.25, 0.3) is 11.0 Å². The van der Waals surface area contributed by atoms with Gasteiger partial charge in [-0.05, 0) is 31.9 Å². The number of aromatic amines is 1.